The quantitative estimate of drug-likeness (QED) is 0.797. The van der Waals surface area contributed by atoms with E-state index in [9.17, 15) is 0 Å². The van der Waals surface area contributed by atoms with Crippen LogP contribution >= 0.6 is 0 Å². The molecule has 0 radical (unpaired) electrons. The van der Waals surface area contributed by atoms with Crippen LogP contribution in [-0.4, -0.2) is 19.8 Å². The molecule has 2 N–H and O–H groups in total. The number of nitriles is 1. The predicted molar refractivity (Wildman–Crippen MR) is 84.5 cm³/mol. The number of nitrogens with zero attached hydrogens (tertiary/aromatic N) is 1. The van der Waals surface area contributed by atoms with E-state index in [4.69, 9.17) is 20.5 Å². The first-order valence-corrected chi connectivity index (χ1v) is 7.38. The first kappa shape index (κ1) is 17.3. The number of hydrogen-bond donors (Lipinski definition) is 1. The highest BCUT2D eigenvalue weighted by Crippen LogP contribution is 2.27. The van der Waals surface area contributed by atoms with E-state index in [0.29, 0.717) is 13.0 Å². The van der Waals surface area contributed by atoms with Gasteiger partial charge >= 0.3 is 0 Å². The second-order valence-electron chi connectivity index (χ2n) is 5.94. The minimum Gasteiger partial charge on any atom is -0.497 e. The van der Waals surface area contributed by atoms with Gasteiger partial charge in [0.25, 0.3) is 0 Å². The van der Waals surface area contributed by atoms with Gasteiger partial charge in [-0.25, -0.2) is 0 Å². The number of nitrogens with two attached hydrogens (primary N) is 1. The summed E-state index contributed by atoms with van der Waals surface area (Å²) in [5.74, 6) is 1.56. The van der Waals surface area contributed by atoms with E-state index in [-0.39, 0.29) is 11.5 Å². The lowest BCUT2D eigenvalue weighted by Gasteiger charge is -2.18. The van der Waals surface area contributed by atoms with Crippen molar-refractivity contribution in [2.75, 3.05) is 13.7 Å². The number of benzene rings is 1. The van der Waals surface area contributed by atoms with Crippen LogP contribution in [0, 0.1) is 16.7 Å². The monoisotopic (exact) mass is 290 g/mol. The standard InChI is InChI=1S/C17H26N2O2/c1-5-14(19)10-13-6-7-15(20-4)11-16(13)21-9-8-17(2,3)12-18/h6-7,11,14H,5,8-10,19H2,1-4H3. The molecule has 0 fully saturated rings. The predicted octanol–water partition coefficient (Wildman–Crippen LogP) is 3.29. The molecule has 0 aliphatic rings. The van der Waals surface area contributed by atoms with Gasteiger partial charge in [-0.1, -0.05) is 13.0 Å². The minimum absolute atomic E-state index is 0.122. The SMILES string of the molecule is CCC(N)Cc1ccc(OC)cc1OCCC(C)(C)C#N. The fraction of sp³-hybridized carbons (Fsp3) is 0.588. The van der Waals surface area contributed by atoms with Crippen molar-refractivity contribution in [2.45, 2.75) is 46.1 Å². The molecule has 4 nitrogen and oxygen atoms in total. The third-order valence-electron chi connectivity index (χ3n) is 3.57. The van der Waals surface area contributed by atoms with Crippen LogP contribution in [0.5, 0.6) is 11.5 Å². The van der Waals surface area contributed by atoms with Crippen molar-refractivity contribution in [3.63, 3.8) is 0 Å². The van der Waals surface area contributed by atoms with Gasteiger partial charge in [-0.3, -0.25) is 0 Å². The van der Waals surface area contributed by atoms with E-state index < -0.39 is 0 Å². The topological polar surface area (TPSA) is 68.3 Å². The Hall–Kier alpha value is -1.73. The number of hydrogen-bond acceptors (Lipinski definition) is 4. The Bertz CT molecular complexity index is 492. The molecule has 0 bridgehead atoms. The molecule has 0 aromatic heterocycles. The number of rotatable bonds is 8. The van der Waals surface area contributed by atoms with Crippen molar-refractivity contribution in [2.24, 2.45) is 11.1 Å². The molecule has 0 aliphatic carbocycles. The van der Waals surface area contributed by atoms with Crippen LogP contribution in [0.1, 0.15) is 39.2 Å². The van der Waals surface area contributed by atoms with Crippen LogP contribution < -0.4 is 15.2 Å². The highest BCUT2D eigenvalue weighted by atomic mass is 16.5. The first-order chi connectivity index (χ1) is 9.91. The Labute approximate surface area is 127 Å². The third kappa shape index (κ3) is 5.65. The van der Waals surface area contributed by atoms with Gasteiger partial charge in [0.2, 0.25) is 0 Å². The van der Waals surface area contributed by atoms with Crippen molar-refractivity contribution >= 4 is 0 Å². The zero-order chi connectivity index (χ0) is 15.9. The molecule has 0 saturated heterocycles. The summed E-state index contributed by atoms with van der Waals surface area (Å²) >= 11 is 0. The van der Waals surface area contributed by atoms with Crippen LogP contribution in [0.4, 0.5) is 0 Å². The zero-order valence-electron chi connectivity index (χ0n) is 13.5. The second kappa shape index (κ2) is 7.90. The number of ether oxygens (including phenoxy) is 2. The molecule has 21 heavy (non-hydrogen) atoms. The second-order valence-corrected chi connectivity index (χ2v) is 5.94. The maximum absolute atomic E-state index is 9.04. The maximum Gasteiger partial charge on any atom is 0.126 e. The van der Waals surface area contributed by atoms with E-state index in [1.54, 1.807) is 7.11 Å². The molecule has 1 aromatic rings. The van der Waals surface area contributed by atoms with Crippen molar-refractivity contribution in [3.05, 3.63) is 23.8 Å². The van der Waals surface area contributed by atoms with Gasteiger partial charge in [-0.15, -0.1) is 0 Å². The van der Waals surface area contributed by atoms with E-state index >= 15 is 0 Å². The van der Waals surface area contributed by atoms with Gasteiger partial charge in [0, 0.05) is 12.1 Å². The fourth-order valence-corrected chi connectivity index (χ4v) is 1.86. The van der Waals surface area contributed by atoms with Gasteiger partial charge in [0.15, 0.2) is 0 Å². The molecule has 0 aliphatic heterocycles. The Kier molecular flexibility index (Phi) is 6.51. The number of methoxy groups -OCH3 is 1. The summed E-state index contributed by atoms with van der Waals surface area (Å²) in [4.78, 5) is 0. The first-order valence-electron chi connectivity index (χ1n) is 7.38. The van der Waals surface area contributed by atoms with E-state index in [0.717, 1.165) is 29.9 Å². The van der Waals surface area contributed by atoms with Gasteiger partial charge in [-0.05, 0) is 44.7 Å². The lowest BCUT2D eigenvalue weighted by Crippen LogP contribution is -2.22. The van der Waals surface area contributed by atoms with Crippen LogP contribution in [0.15, 0.2) is 18.2 Å². The smallest absolute Gasteiger partial charge is 0.126 e. The largest absolute Gasteiger partial charge is 0.497 e. The average molecular weight is 290 g/mol. The lowest BCUT2D eigenvalue weighted by atomic mass is 9.92. The molecule has 0 spiro atoms. The summed E-state index contributed by atoms with van der Waals surface area (Å²) in [5.41, 5.74) is 6.74. The molecule has 0 amide bonds. The summed E-state index contributed by atoms with van der Waals surface area (Å²) in [5, 5.41) is 9.04. The summed E-state index contributed by atoms with van der Waals surface area (Å²) in [6, 6.07) is 8.21. The third-order valence-corrected chi connectivity index (χ3v) is 3.57. The van der Waals surface area contributed by atoms with E-state index in [2.05, 4.69) is 13.0 Å². The summed E-state index contributed by atoms with van der Waals surface area (Å²) in [6.45, 7) is 6.40. The fourth-order valence-electron chi connectivity index (χ4n) is 1.86. The van der Waals surface area contributed by atoms with Crippen LogP contribution in [0.2, 0.25) is 0 Å². The highest BCUT2D eigenvalue weighted by Gasteiger charge is 2.17. The van der Waals surface area contributed by atoms with Gasteiger partial charge in [-0.2, -0.15) is 5.26 Å². The van der Waals surface area contributed by atoms with Gasteiger partial charge in [0.05, 0.1) is 25.2 Å². The summed E-state index contributed by atoms with van der Waals surface area (Å²) in [7, 11) is 1.63. The molecule has 1 atom stereocenters. The molecule has 0 saturated carbocycles. The maximum atomic E-state index is 9.04. The van der Waals surface area contributed by atoms with Crippen molar-refractivity contribution in [1.82, 2.24) is 0 Å². The van der Waals surface area contributed by atoms with Crippen molar-refractivity contribution in [3.8, 4) is 17.6 Å². The average Bonchev–Trinajstić information content (AvgIpc) is 2.48. The molecule has 1 aromatic carbocycles. The van der Waals surface area contributed by atoms with Crippen LogP contribution in [0.25, 0.3) is 0 Å². The Morgan fingerprint density at radius 1 is 1.38 bits per heavy atom. The van der Waals surface area contributed by atoms with Crippen LogP contribution in [0.3, 0.4) is 0 Å². The van der Waals surface area contributed by atoms with E-state index in [1.807, 2.05) is 32.0 Å². The van der Waals surface area contributed by atoms with Gasteiger partial charge in [0.1, 0.15) is 11.5 Å². The zero-order valence-corrected chi connectivity index (χ0v) is 13.5. The molecule has 116 valence electrons. The lowest BCUT2D eigenvalue weighted by molar-refractivity contribution is 0.260. The highest BCUT2D eigenvalue weighted by molar-refractivity contribution is 5.41. The molecule has 0 heterocycles. The Morgan fingerprint density at radius 2 is 2.10 bits per heavy atom. The normalized spacial score (nSPS) is 12.6. The summed E-state index contributed by atoms with van der Waals surface area (Å²) < 4.78 is 11.1. The Balaban J connectivity index is 2.79. The summed E-state index contributed by atoms with van der Waals surface area (Å²) in [6.07, 6.45) is 2.38. The van der Waals surface area contributed by atoms with Gasteiger partial charge < -0.3 is 15.2 Å². The van der Waals surface area contributed by atoms with E-state index in [1.165, 1.54) is 0 Å². The molecular weight excluding hydrogens is 264 g/mol. The molecule has 1 unspecified atom stereocenters. The molecular formula is C17H26N2O2. The van der Waals surface area contributed by atoms with Crippen LogP contribution in [-0.2, 0) is 6.42 Å². The minimum atomic E-state index is -0.376. The molecule has 1 rings (SSSR count). The Morgan fingerprint density at radius 3 is 2.67 bits per heavy atom. The molecule has 4 heteroatoms. The van der Waals surface area contributed by atoms with Crippen molar-refractivity contribution in [1.29, 1.82) is 5.26 Å². The van der Waals surface area contributed by atoms with Crippen molar-refractivity contribution < 1.29 is 9.47 Å².